The molecule has 0 amide bonds. The molecule has 0 aliphatic rings. The van der Waals surface area contributed by atoms with Crippen LogP contribution in [0, 0.1) is 0 Å². The van der Waals surface area contributed by atoms with E-state index in [0.717, 1.165) is 16.7 Å². The number of hydrogen-bond acceptors (Lipinski definition) is 6. The van der Waals surface area contributed by atoms with Gasteiger partial charge in [0.15, 0.2) is 13.4 Å². The lowest BCUT2D eigenvalue weighted by Crippen LogP contribution is -3.00. The number of hydrogen-bond donors (Lipinski definition) is 0. The number of carbonyl (C=O) groups excluding carboxylic acids is 1. The van der Waals surface area contributed by atoms with Gasteiger partial charge in [0.25, 0.3) is 0 Å². The maximum Gasteiger partial charge on any atom is 0.203 e. The van der Waals surface area contributed by atoms with Gasteiger partial charge in [0.1, 0.15) is 65.5 Å². The molecule has 0 fully saturated rings. The molecule has 0 bridgehead atoms. The van der Waals surface area contributed by atoms with E-state index in [2.05, 4.69) is 97.1 Å². The molecular weight excluding hydrogens is 795 g/mol. The molecule has 7 rings (SSSR count). The molecule has 57 heavy (non-hydrogen) atoms. The fraction of sp³-hybridized carbons (Fsp3) is 0.122. The average molecular weight is 840 g/mol. The molecule has 0 saturated carbocycles. The highest BCUT2D eigenvalue weighted by Crippen LogP contribution is 2.59. The topological polar surface area (TPSA) is 63.2 Å². The van der Waals surface area contributed by atoms with Crippen LogP contribution in [0.4, 0.5) is 0 Å². The zero-order valence-electron chi connectivity index (χ0n) is 31.7. The van der Waals surface area contributed by atoms with E-state index < -0.39 is 7.26 Å². The first-order valence-corrected chi connectivity index (χ1v) is 20.5. The van der Waals surface area contributed by atoms with Crippen molar-refractivity contribution >= 4 is 29.0 Å². The monoisotopic (exact) mass is 838 g/mol. The van der Waals surface area contributed by atoms with Crippen molar-refractivity contribution in [2.24, 2.45) is 0 Å². The lowest BCUT2D eigenvalue weighted by molar-refractivity contribution is -0.0000232. The van der Waals surface area contributed by atoms with E-state index in [4.69, 9.17) is 23.7 Å². The standard InChI is InChI=1S/C49H44O6P.BrH/c1-51-37-55-42-29-30-46(49(32-42)53-34-39-19-9-3-10-20-39)47(50)35-54-48-31-41(52-33-38-17-7-2-8-18-38)28-27-40(48)36-56(43-21-11-4-12-22-43,44-23-13-5-14-24-44)45-25-15-6-16-26-45;/h2-32H,33-37H2,1H3;1H/q+1;/p-1. The summed E-state index contributed by atoms with van der Waals surface area (Å²) in [5.41, 5.74) is 3.39. The van der Waals surface area contributed by atoms with Gasteiger partial charge in [-0.1, -0.05) is 115 Å². The summed E-state index contributed by atoms with van der Waals surface area (Å²) >= 11 is 0. The molecule has 0 aliphatic heterocycles. The fourth-order valence-corrected chi connectivity index (χ4v) is 10.9. The van der Waals surface area contributed by atoms with E-state index in [1.165, 1.54) is 15.9 Å². The van der Waals surface area contributed by atoms with Crippen LogP contribution in [0.15, 0.2) is 188 Å². The number of ether oxygens (including phenoxy) is 5. The third-order valence-electron chi connectivity index (χ3n) is 9.48. The predicted octanol–water partition coefficient (Wildman–Crippen LogP) is 6.59. The summed E-state index contributed by atoms with van der Waals surface area (Å²) in [7, 11) is -0.738. The summed E-state index contributed by atoms with van der Waals surface area (Å²) in [5.74, 6) is 1.93. The number of rotatable bonds is 18. The highest BCUT2D eigenvalue weighted by Gasteiger charge is 2.46. The molecule has 6 nitrogen and oxygen atoms in total. The van der Waals surface area contributed by atoms with Gasteiger partial charge in [-0.05, 0) is 71.8 Å². The summed E-state index contributed by atoms with van der Waals surface area (Å²) in [6.45, 7) is 0.527. The van der Waals surface area contributed by atoms with Crippen molar-refractivity contribution in [2.45, 2.75) is 19.4 Å². The van der Waals surface area contributed by atoms with Crippen LogP contribution in [0.25, 0.3) is 0 Å². The molecule has 0 saturated heterocycles. The molecule has 7 aromatic carbocycles. The highest BCUT2D eigenvalue weighted by molar-refractivity contribution is 7.95. The summed E-state index contributed by atoms with van der Waals surface area (Å²) in [6.07, 6.45) is 0.657. The van der Waals surface area contributed by atoms with Gasteiger partial charge in [0, 0.05) is 24.8 Å². The lowest BCUT2D eigenvalue weighted by atomic mass is 10.1. The SMILES string of the molecule is COCOc1ccc(C(=O)COc2cc(OCc3ccccc3)ccc2C[P+](c2ccccc2)(c2ccccc2)c2ccccc2)c(OCc2ccccc2)c1.[Br-]. The maximum atomic E-state index is 14.1. The number of benzene rings is 7. The molecule has 0 N–H and O–H groups in total. The Kier molecular flexibility index (Phi) is 14.7. The van der Waals surface area contributed by atoms with Gasteiger partial charge < -0.3 is 40.7 Å². The molecule has 0 unspecified atom stereocenters. The Labute approximate surface area is 346 Å². The van der Waals surface area contributed by atoms with Gasteiger partial charge in [0.2, 0.25) is 5.78 Å². The molecule has 0 aromatic heterocycles. The zero-order chi connectivity index (χ0) is 38.4. The Hall–Kier alpha value is -5.72. The summed E-state index contributed by atoms with van der Waals surface area (Å²) in [5, 5.41) is 3.75. The van der Waals surface area contributed by atoms with Crippen molar-refractivity contribution < 1.29 is 45.5 Å². The van der Waals surface area contributed by atoms with Crippen LogP contribution >= 0.6 is 7.26 Å². The first kappa shape index (κ1) is 40.9. The second kappa shape index (κ2) is 20.4. The number of halogens is 1. The van der Waals surface area contributed by atoms with Crippen LogP contribution in [0.3, 0.4) is 0 Å². The normalized spacial score (nSPS) is 10.9. The minimum absolute atomic E-state index is 0. The van der Waals surface area contributed by atoms with Crippen molar-refractivity contribution in [3.8, 4) is 23.0 Å². The fourth-order valence-electron chi connectivity index (χ4n) is 6.68. The molecule has 7 aromatic rings. The Balaban J connectivity index is 0.00000549. The van der Waals surface area contributed by atoms with E-state index in [1.807, 2.05) is 72.8 Å². The third kappa shape index (κ3) is 10.4. The first-order valence-electron chi connectivity index (χ1n) is 18.6. The minimum Gasteiger partial charge on any atom is -1.00 e. The second-order valence-corrected chi connectivity index (χ2v) is 16.7. The van der Waals surface area contributed by atoms with E-state index >= 15 is 0 Å². The van der Waals surface area contributed by atoms with Crippen molar-refractivity contribution in [1.82, 2.24) is 0 Å². The molecule has 0 radical (unpaired) electrons. The van der Waals surface area contributed by atoms with Crippen LogP contribution in [-0.4, -0.2) is 26.3 Å². The highest BCUT2D eigenvalue weighted by atomic mass is 79.9. The van der Waals surface area contributed by atoms with Crippen molar-refractivity contribution in [3.05, 3.63) is 210 Å². The maximum absolute atomic E-state index is 14.1. The van der Waals surface area contributed by atoms with Crippen molar-refractivity contribution in [1.29, 1.82) is 0 Å². The van der Waals surface area contributed by atoms with Crippen molar-refractivity contribution in [2.75, 3.05) is 20.5 Å². The molecule has 0 spiro atoms. The van der Waals surface area contributed by atoms with Gasteiger partial charge in [-0.2, -0.15) is 0 Å². The largest absolute Gasteiger partial charge is 1.00 e. The second-order valence-electron chi connectivity index (χ2n) is 13.2. The first-order chi connectivity index (χ1) is 27.6. The smallest absolute Gasteiger partial charge is 0.203 e. The van der Waals surface area contributed by atoms with Crippen molar-refractivity contribution in [3.63, 3.8) is 0 Å². The van der Waals surface area contributed by atoms with Gasteiger partial charge in [0.05, 0.1) is 5.56 Å². The summed E-state index contributed by atoms with van der Waals surface area (Å²) in [6, 6.07) is 63.2. The quantitative estimate of drug-likeness (QED) is 0.0553. The summed E-state index contributed by atoms with van der Waals surface area (Å²) < 4.78 is 29.9. The molecule has 0 aliphatic carbocycles. The third-order valence-corrected chi connectivity index (χ3v) is 13.8. The van der Waals surface area contributed by atoms with Gasteiger partial charge >= 0.3 is 0 Å². The average Bonchev–Trinajstić information content (AvgIpc) is 3.27. The Morgan fingerprint density at radius 3 is 1.47 bits per heavy atom. The molecule has 288 valence electrons. The lowest BCUT2D eigenvalue weighted by Gasteiger charge is -2.28. The van der Waals surface area contributed by atoms with Crippen LogP contribution < -0.4 is 51.8 Å². The van der Waals surface area contributed by atoms with Crippen LogP contribution in [0.1, 0.15) is 27.0 Å². The van der Waals surface area contributed by atoms with Crippen LogP contribution in [0.2, 0.25) is 0 Å². The van der Waals surface area contributed by atoms with E-state index in [0.29, 0.717) is 41.3 Å². The Bertz CT molecular complexity index is 2200. The number of methoxy groups -OCH3 is 1. The number of carbonyl (C=O) groups is 1. The van der Waals surface area contributed by atoms with E-state index in [-0.39, 0.29) is 42.8 Å². The van der Waals surface area contributed by atoms with Gasteiger partial charge in [-0.25, -0.2) is 0 Å². The van der Waals surface area contributed by atoms with Crippen LogP contribution in [0.5, 0.6) is 23.0 Å². The Morgan fingerprint density at radius 2 is 0.947 bits per heavy atom. The Morgan fingerprint density at radius 1 is 0.491 bits per heavy atom. The zero-order valence-corrected chi connectivity index (χ0v) is 34.2. The molecule has 8 heteroatoms. The van der Waals surface area contributed by atoms with E-state index in [1.54, 1.807) is 25.3 Å². The van der Waals surface area contributed by atoms with Gasteiger partial charge in [-0.3, -0.25) is 4.79 Å². The molecule has 0 atom stereocenters. The molecular formula is C49H44BrO6P. The number of Topliss-reactive ketones (excluding diaryl/α,β-unsaturated/α-hetero) is 1. The predicted molar refractivity (Wildman–Crippen MR) is 226 cm³/mol. The van der Waals surface area contributed by atoms with E-state index in [9.17, 15) is 4.79 Å². The van der Waals surface area contributed by atoms with Gasteiger partial charge in [-0.15, -0.1) is 0 Å². The summed E-state index contributed by atoms with van der Waals surface area (Å²) in [4.78, 5) is 14.1. The van der Waals surface area contributed by atoms with Crippen LogP contribution in [-0.2, 0) is 24.1 Å². The molecule has 0 heterocycles. The minimum atomic E-state index is -2.30. The number of ketones is 1.